The van der Waals surface area contributed by atoms with E-state index >= 15 is 0 Å². The monoisotopic (exact) mass is 542 g/mol. The molecule has 7 rings (SSSR count). The molecule has 0 saturated heterocycles. The molecule has 4 aromatic carbocycles. The predicted molar refractivity (Wildman–Crippen MR) is 164 cm³/mol. The van der Waals surface area contributed by atoms with Gasteiger partial charge in [0.1, 0.15) is 0 Å². The maximum absolute atomic E-state index is 6.34. The van der Waals surface area contributed by atoms with Crippen LogP contribution in [0.4, 0.5) is 22.9 Å². The van der Waals surface area contributed by atoms with E-state index in [1.54, 1.807) is 0 Å². The smallest absolute Gasteiger partial charge is 0.179 e. The summed E-state index contributed by atoms with van der Waals surface area (Å²) in [6.45, 7) is 6.26. The molecular formula is C33H27ClN6. The summed E-state index contributed by atoms with van der Waals surface area (Å²) in [7, 11) is 0. The number of rotatable bonds is 3. The highest BCUT2D eigenvalue weighted by atomic mass is 35.5. The van der Waals surface area contributed by atoms with Crippen LogP contribution in [-0.2, 0) is 0 Å². The topological polar surface area (TPSA) is 57.8 Å². The Labute approximate surface area is 238 Å². The van der Waals surface area contributed by atoms with E-state index in [2.05, 4.69) is 79.5 Å². The highest BCUT2D eigenvalue weighted by Gasteiger charge is 2.41. The Kier molecular flexibility index (Phi) is 5.79. The summed E-state index contributed by atoms with van der Waals surface area (Å²) < 4.78 is 1.94. The maximum Gasteiger partial charge on any atom is 0.179 e. The number of nitrogens with one attached hydrogen (secondary N) is 1. The fourth-order valence-corrected chi connectivity index (χ4v) is 5.82. The van der Waals surface area contributed by atoms with Gasteiger partial charge in [-0.05, 0) is 86.0 Å². The fraction of sp³-hybridized carbons (Fsp3) is 0.121. The number of amidine groups is 2. The summed E-state index contributed by atoms with van der Waals surface area (Å²) >= 11 is 6.34. The average molecular weight is 543 g/mol. The van der Waals surface area contributed by atoms with Crippen molar-refractivity contribution in [3.05, 3.63) is 130 Å². The lowest BCUT2D eigenvalue weighted by molar-refractivity contribution is 0.815. The van der Waals surface area contributed by atoms with Crippen molar-refractivity contribution in [3.63, 3.8) is 0 Å². The van der Waals surface area contributed by atoms with Gasteiger partial charge in [-0.2, -0.15) is 5.10 Å². The molecule has 1 atom stereocenters. The number of aromatic nitrogens is 2. The van der Waals surface area contributed by atoms with E-state index in [-0.39, 0.29) is 6.04 Å². The van der Waals surface area contributed by atoms with Crippen LogP contribution in [0.15, 0.2) is 107 Å². The number of anilines is 2. The molecule has 0 unspecified atom stereocenters. The van der Waals surface area contributed by atoms with Crippen molar-refractivity contribution in [1.29, 1.82) is 0 Å². The van der Waals surface area contributed by atoms with E-state index in [1.807, 2.05) is 53.2 Å². The molecular weight excluding hydrogens is 516 g/mol. The molecule has 0 spiro atoms. The van der Waals surface area contributed by atoms with Gasteiger partial charge in [-0.3, -0.25) is 0 Å². The van der Waals surface area contributed by atoms with Crippen LogP contribution in [0.25, 0.3) is 5.69 Å². The highest BCUT2D eigenvalue weighted by Crippen LogP contribution is 2.48. The van der Waals surface area contributed by atoms with E-state index in [1.165, 1.54) is 11.1 Å². The molecule has 0 saturated carbocycles. The molecule has 0 fully saturated rings. The quantitative estimate of drug-likeness (QED) is 0.250. The van der Waals surface area contributed by atoms with Crippen LogP contribution in [0.2, 0.25) is 5.02 Å². The molecule has 40 heavy (non-hydrogen) atoms. The van der Waals surface area contributed by atoms with E-state index < -0.39 is 0 Å². The normalized spacial score (nSPS) is 15.5. The van der Waals surface area contributed by atoms with Crippen LogP contribution in [-0.4, -0.2) is 21.5 Å². The van der Waals surface area contributed by atoms with Crippen molar-refractivity contribution in [3.8, 4) is 5.69 Å². The second-order valence-corrected chi connectivity index (χ2v) is 10.7. The number of halogens is 1. The lowest BCUT2D eigenvalue weighted by Crippen LogP contribution is -2.46. The van der Waals surface area contributed by atoms with Crippen molar-refractivity contribution >= 4 is 46.2 Å². The van der Waals surface area contributed by atoms with Gasteiger partial charge in [-0.1, -0.05) is 60.1 Å². The van der Waals surface area contributed by atoms with Gasteiger partial charge in [0.15, 0.2) is 17.5 Å². The Hall–Kier alpha value is -4.68. The van der Waals surface area contributed by atoms with Crippen molar-refractivity contribution in [2.75, 3.05) is 10.2 Å². The molecule has 0 bridgehead atoms. The number of benzene rings is 4. The summed E-state index contributed by atoms with van der Waals surface area (Å²) in [4.78, 5) is 12.7. The van der Waals surface area contributed by atoms with E-state index in [0.717, 1.165) is 51.2 Å². The molecule has 6 nitrogen and oxygen atoms in total. The van der Waals surface area contributed by atoms with Crippen LogP contribution >= 0.6 is 11.6 Å². The first-order valence-electron chi connectivity index (χ1n) is 13.3. The number of para-hydroxylation sites is 3. The molecule has 3 heterocycles. The molecule has 196 valence electrons. The summed E-state index contributed by atoms with van der Waals surface area (Å²) in [6.07, 6.45) is 0. The molecule has 7 heteroatoms. The van der Waals surface area contributed by atoms with Crippen LogP contribution in [0.3, 0.4) is 0 Å². The number of nitrogens with zero attached hydrogens (tertiary/aromatic N) is 5. The SMILES string of the molecule is Cc1cc(C)cc(NC2=Nc3ccccc3N3C2=Nc2c(c(C)nn2-c2ccccc2)[C@@H]3c2ccc(Cl)cc2)c1. The van der Waals surface area contributed by atoms with Crippen molar-refractivity contribution in [1.82, 2.24) is 9.78 Å². The molecule has 2 aliphatic heterocycles. The first-order chi connectivity index (χ1) is 19.5. The summed E-state index contributed by atoms with van der Waals surface area (Å²) in [5, 5.41) is 9.30. The number of aryl methyl sites for hydroxylation is 3. The predicted octanol–water partition coefficient (Wildman–Crippen LogP) is 8.25. The Morgan fingerprint density at radius 3 is 2.23 bits per heavy atom. The molecule has 1 aromatic heterocycles. The van der Waals surface area contributed by atoms with Gasteiger partial charge in [0.2, 0.25) is 0 Å². The Balaban J connectivity index is 1.50. The number of fused-ring (bicyclic) bond motifs is 4. The van der Waals surface area contributed by atoms with Gasteiger partial charge in [-0.15, -0.1) is 0 Å². The van der Waals surface area contributed by atoms with Crippen LogP contribution in [0.1, 0.15) is 34.0 Å². The first-order valence-corrected chi connectivity index (χ1v) is 13.7. The minimum Gasteiger partial charge on any atom is -0.337 e. The fourth-order valence-electron chi connectivity index (χ4n) is 5.69. The first kappa shape index (κ1) is 24.4. The highest BCUT2D eigenvalue weighted by molar-refractivity contribution is 6.51. The second-order valence-electron chi connectivity index (χ2n) is 10.3. The van der Waals surface area contributed by atoms with E-state index in [0.29, 0.717) is 10.9 Å². The van der Waals surface area contributed by atoms with Gasteiger partial charge in [0, 0.05) is 16.3 Å². The third-order valence-electron chi connectivity index (χ3n) is 7.31. The van der Waals surface area contributed by atoms with Gasteiger partial charge < -0.3 is 10.2 Å². The third-order valence-corrected chi connectivity index (χ3v) is 7.56. The minimum atomic E-state index is -0.190. The van der Waals surface area contributed by atoms with Crippen molar-refractivity contribution in [2.24, 2.45) is 9.98 Å². The average Bonchev–Trinajstić information content (AvgIpc) is 3.28. The molecule has 0 aliphatic carbocycles. The van der Waals surface area contributed by atoms with Crippen LogP contribution < -0.4 is 10.2 Å². The zero-order valence-electron chi connectivity index (χ0n) is 22.4. The van der Waals surface area contributed by atoms with Crippen molar-refractivity contribution < 1.29 is 0 Å². The lowest BCUT2D eigenvalue weighted by atomic mass is 9.93. The summed E-state index contributed by atoms with van der Waals surface area (Å²) in [5.41, 5.74) is 9.23. The maximum atomic E-state index is 6.34. The van der Waals surface area contributed by atoms with E-state index in [9.17, 15) is 0 Å². The summed E-state index contributed by atoms with van der Waals surface area (Å²) in [5.74, 6) is 2.22. The van der Waals surface area contributed by atoms with Gasteiger partial charge in [0.05, 0.1) is 28.8 Å². The molecule has 0 radical (unpaired) electrons. The Bertz CT molecular complexity index is 1800. The van der Waals surface area contributed by atoms with Gasteiger partial charge in [0.25, 0.3) is 0 Å². The van der Waals surface area contributed by atoms with Gasteiger partial charge >= 0.3 is 0 Å². The van der Waals surface area contributed by atoms with Crippen LogP contribution in [0.5, 0.6) is 0 Å². The summed E-state index contributed by atoms with van der Waals surface area (Å²) in [6, 6.07) is 32.6. The molecule has 5 aromatic rings. The van der Waals surface area contributed by atoms with Crippen molar-refractivity contribution in [2.45, 2.75) is 26.8 Å². The van der Waals surface area contributed by atoms with E-state index in [4.69, 9.17) is 26.7 Å². The third kappa shape index (κ3) is 4.08. The molecule has 1 N–H and O–H groups in total. The lowest BCUT2D eigenvalue weighted by Gasteiger charge is -2.40. The number of aliphatic imine (C=N–C) groups is 2. The standard InChI is InChI=1S/C33H27ClN6/c1-20-17-21(2)19-25(18-20)35-31-33-37-32-29(22(3)38-40(32)26-9-5-4-6-10-26)30(23-13-15-24(34)16-14-23)39(33)28-12-8-7-11-27(28)36-31/h4-19,30H,1-3H3,(H,35,36)/t30-/m0/s1. The largest absolute Gasteiger partial charge is 0.337 e. The number of hydrogen-bond donors (Lipinski definition) is 1. The van der Waals surface area contributed by atoms with Crippen LogP contribution in [0, 0.1) is 20.8 Å². The van der Waals surface area contributed by atoms with Gasteiger partial charge in [-0.25, -0.2) is 14.7 Å². The number of hydrogen-bond acceptors (Lipinski definition) is 5. The second kappa shape index (κ2) is 9.50. The Morgan fingerprint density at radius 2 is 1.48 bits per heavy atom. The zero-order chi connectivity index (χ0) is 27.4. The molecule has 0 amide bonds. The Morgan fingerprint density at radius 1 is 0.775 bits per heavy atom. The molecule has 2 aliphatic rings. The minimum absolute atomic E-state index is 0.190. The zero-order valence-corrected chi connectivity index (χ0v) is 23.2.